The van der Waals surface area contributed by atoms with Crippen molar-refractivity contribution in [3.63, 3.8) is 0 Å². The molecule has 1 fully saturated rings. The van der Waals surface area contributed by atoms with E-state index in [-0.39, 0.29) is 23.6 Å². The van der Waals surface area contributed by atoms with Crippen LogP contribution >= 0.6 is 23.2 Å². The molecule has 0 aliphatic carbocycles. The van der Waals surface area contributed by atoms with E-state index < -0.39 is 35.1 Å². The standard InChI is InChI=1S/C30H32Cl2F3N3O/c1-28(2,3)16-24-29(36,20-11-13-21(31)14-12-20)25(18-8-6-9-22(32)15-18)26(38-24)27(39)37-17-19-7-4-5-10-23(19)30(33,34)35/h4-15,24-26,38H,16-17,36H2,1-3H3,(H,37,39)/t24-,25-,26+,29+/m0/s1. The van der Waals surface area contributed by atoms with Gasteiger partial charge in [0.15, 0.2) is 0 Å². The second kappa shape index (κ2) is 11.1. The Labute approximate surface area is 237 Å². The minimum atomic E-state index is -4.53. The van der Waals surface area contributed by atoms with Crippen LogP contribution in [0.25, 0.3) is 0 Å². The third kappa shape index (κ3) is 6.43. The minimum Gasteiger partial charge on any atom is -0.351 e. The zero-order chi connectivity index (χ0) is 28.6. The maximum atomic E-state index is 13.8. The van der Waals surface area contributed by atoms with Crippen LogP contribution in [0.2, 0.25) is 10.0 Å². The molecule has 4 atom stereocenters. The van der Waals surface area contributed by atoms with Crippen LogP contribution in [0.3, 0.4) is 0 Å². The van der Waals surface area contributed by atoms with Gasteiger partial charge in [-0.25, -0.2) is 0 Å². The average Bonchev–Trinajstić information content (AvgIpc) is 3.14. The highest BCUT2D eigenvalue weighted by Gasteiger charge is 2.56. The summed E-state index contributed by atoms with van der Waals surface area (Å²) in [4.78, 5) is 13.8. The number of nitrogens with two attached hydrogens (primary N) is 1. The van der Waals surface area contributed by atoms with Crippen molar-refractivity contribution < 1.29 is 18.0 Å². The maximum absolute atomic E-state index is 13.8. The lowest BCUT2D eigenvalue weighted by Crippen LogP contribution is -2.51. The van der Waals surface area contributed by atoms with Crippen LogP contribution in [0.5, 0.6) is 0 Å². The molecule has 9 heteroatoms. The largest absolute Gasteiger partial charge is 0.416 e. The van der Waals surface area contributed by atoms with Crippen LogP contribution in [0.4, 0.5) is 13.2 Å². The Morgan fingerprint density at radius 2 is 1.64 bits per heavy atom. The van der Waals surface area contributed by atoms with Crippen LogP contribution in [0.1, 0.15) is 55.4 Å². The summed E-state index contributed by atoms with van der Waals surface area (Å²) in [5.74, 6) is -1.03. The molecule has 3 aromatic rings. The lowest BCUT2D eigenvalue weighted by molar-refractivity contribution is -0.138. The van der Waals surface area contributed by atoms with E-state index in [2.05, 4.69) is 31.4 Å². The first-order valence-corrected chi connectivity index (χ1v) is 13.4. The van der Waals surface area contributed by atoms with Crippen molar-refractivity contribution in [3.8, 4) is 0 Å². The van der Waals surface area contributed by atoms with Crippen molar-refractivity contribution in [3.05, 3.63) is 105 Å². The monoisotopic (exact) mass is 577 g/mol. The van der Waals surface area contributed by atoms with Gasteiger partial charge < -0.3 is 16.4 Å². The molecule has 208 valence electrons. The Bertz CT molecular complexity index is 1320. The SMILES string of the molecule is CC(C)(C)C[C@@H]1N[C@@H](C(=O)NCc2ccccc2C(F)(F)F)[C@H](c2cccc(Cl)c2)[C@@]1(N)c1ccc(Cl)cc1. The van der Waals surface area contributed by atoms with Gasteiger partial charge >= 0.3 is 6.18 Å². The lowest BCUT2D eigenvalue weighted by atomic mass is 9.68. The van der Waals surface area contributed by atoms with E-state index in [1.807, 2.05) is 18.2 Å². The summed E-state index contributed by atoms with van der Waals surface area (Å²) in [6, 6.07) is 18.5. The molecule has 1 heterocycles. The average molecular weight is 579 g/mol. The molecule has 0 unspecified atom stereocenters. The highest BCUT2D eigenvalue weighted by molar-refractivity contribution is 6.30. The van der Waals surface area contributed by atoms with Crippen LogP contribution in [-0.2, 0) is 23.1 Å². The van der Waals surface area contributed by atoms with Gasteiger partial charge in [0.1, 0.15) is 0 Å². The first kappa shape index (κ1) is 29.4. The van der Waals surface area contributed by atoms with E-state index in [1.54, 1.807) is 30.3 Å². The first-order valence-electron chi connectivity index (χ1n) is 12.7. The van der Waals surface area contributed by atoms with Gasteiger partial charge in [0, 0.05) is 28.5 Å². The molecule has 0 bridgehead atoms. The van der Waals surface area contributed by atoms with E-state index in [9.17, 15) is 18.0 Å². The molecule has 0 spiro atoms. The number of benzene rings is 3. The van der Waals surface area contributed by atoms with Gasteiger partial charge in [-0.2, -0.15) is 13.2 Å². The predicted molar refractivity (Wildman–Crippen MR) is 150 cm³/mol. The third-order valence-corrected chi connectivity index (χ3v) is 7.72. The molecular formula is C30H32Cl2F3N3O. The van der Waals surface area contributed by atoms with E-state index in [0.717, 1.165) is 17.2 Å². The molecule has 4 N–H and O–H groups in total. The van der Waals surface area contributed by atoms with Gasteiger partial charge in [-0.05, 0) is 58.9 Å². The van der Waals surface area contributed by atoms with Crippen molar-refractivity contribution in [2.75, 3.05) is 0 Å². The number of halogens is 5. The smallest absolute Gasteiger partial charge is 0.351 e. The normalized spacial score (nSPS) is 23.6. The fourth-order valence-corrected chi connectivity index (χ4v) is 5.87. The number of rotatable bonds is 6. The van der Waals surface area contributed by atoms with Gasteiger partial charge in [0.2, 0.25) is 5.91 Å². The summed E-state index contributed by atoms with van der Waals surface area (Å²) in [5.41, 5.74) is 6.88. The molecule has 0 radical (unpaired) electrons. The number of alkyl halides is 3. The molecule has 4 rings (SSSR count). The van der Waals surface area contributed by atoms with Crippen LogP contribution < -0.4 is 16.4 Å². The fourth-order valence-electron chi connectivity index (χ4n) is 5.54. The number of amides is 1. The van der Waals surface area contributed by atoms with Crippen molar-refractivity contribution in [1.29, 1.82) is 0 Å². The molecule has 0 aromatic heterocycles. The van der Waals surface area contributed by atoms with Gasteiger partial charge in [-0.15, -0.1) is 0 Å². The van der Waals surface area contributed by atoms with Gasteiger partial charge in [-0.3, -0.25) is 4.79 Å². The minimum absolute atomic E-state index is 0.0152. The van der Waals surface area contributed by atoms with E-state index in [1.165, 1.54) is 18.2 Å². The molecular weight excluding hydrogens is 546 g/mol. The van der Waals surface area contributed by atoms with Crippen molar-refractivity contribution in [2.24, 2.45) is 11.1 Å². The zero-order valence-electron chi connectivity index (χ0n) is 21.9. The Hall–Kier alpha value is -2.58. The van der Waals surface area contributed by atoms with Crippen LogP contribution in [0, 0.1) is 5.41 Å². The quantitative estimate of drug-likeness (QED) is 0.294. The highest BCUT2D eigenvalue weighted by Crippen LogP contribution is 2.48. The van der Waals surface area contributed by atoms with Crippen LogP contribution in [0.15, 0.2) is 72.8 Å². The number of nitrogens with one attached hydrogen (secondary N) is 2. The fraction of sp³-hybridized carbons (Fsp3) is 0.367. The number of carbonyl (C=O) groups excluding carboxylic acids is 1. The second-order valence-electron chi connectivity index (χ2n) is 11.3. The van der Waals surface area contributed by atoms with Gasteiger partial charge in [0.05, 0.1) is 17.1 Å². The third-order valence-electron chi connectivity index (χ3n) is 7.23. The second-order valence-corrected chi connectivity index (χ2v) is 12.2. The Morgan fingerprint density at radius 1 is 0.974 bits per heavy atom. The molecule has 1 amide bonds. The van der Waals surface area contributed by atoms with E-state index in [0.29, 0.717) is 16.5 Å². The predicted octanol–water partition coefficient (Wildman–Crippen LogP) is 7.04. The van der Waals surface area contributed by atoms with Gasteiger partial charge in [-0.1, -0.05) is 86.4 Å². The van der Waals surface area contributed by atoms with Crippen molar-refractivity contribution >= 4 is 29.1 Å². The molecule has 3 aromatic carbocycles. The molecule has 1 saturated heterocycles. The molecule has 39 heavy (non-hydrogen) atoms. The summed E-state index contributed by atoms with van der Waals surface area (Å²) < 4.78 is 40.7. The number of carbonyl (C=O) groups is 1. The summed E-state index contributed by atoms with van der Waals surface area (Å²) in [7, 11) is 0. The van der Waals surface area contributed by atoms with E-state index in [4.69, 9.17) is 28.9 Å². The molecule has 4 nitrogen and oxygen atoms in total. The molecule has 0 saturated carbocycles. The highest BCUT2D eigenvalue weighted by atomic mass is 35.5. The topological polar surface area (TPSA) is 67.2 Å². The summed E-state index contributed by atoms with van der Waals surface area (Å²) >= 11 is 12.6. The molecule has 1 aliphatic rings. The first-order chi connectivity index (χ1) is 18.2. The summed E-state index contributed by atoms with van der Waals surface area (Å²) in [6.07, 6.45) is -3.90. The molecule has 1 aliphatic heterocycles. The Morgan fingerprint density at radius 3 is 2.26 bits per heavy atom. The van der Waals surface area contributed by atoms with Crippen LogP contribution in [-0.4, -0.2) is 18.0 Å². The number of hydrogen-bond acceptors (Lipinski definition) is 3. The van der Waals surface area contributed by atoms with Crippen molar-refractivity contribution in [2.45, 2.75) is 63.5 Å². The summed E-state index contributed by atoms with van der Waals surface area (Å²) in [5, 5.41) is 7.25. The van der Waals surface area contributed by atoms with E-state index >= 15 is 0 Å². The maximum Gasteiger partial charge on any atom is 0.416 e. The zero-order valence-corrected chi connectivity index (χ0v) is 23.5. The Balaban J connectivity index is 1.77. The Kier molecular flexibility index (Phi) is 8.39. The number of hydrogen-bond donors (Lipinski definition) is 3. The van der Waals surface area contributed by atoms with Crippen molar-refractivity contribution in [1.82, 2.24) is 10.6 Å². The van der Waals surface area contributed by atoms with Gasteiger partial charge in [0.25, 0.3) is 0 Å². The lowest BCUT2D eigenvalue weighted by Gasteiger charge is -2.39. The summed E-state index contributed by atoms with van der Waals surface area (Å²) in [6.45, 7) is 5.99.